The van der Waals surface area contributed by atoms with Crippen LogP contribution in [0.4, 0.5) is 5.82 Å². The lowest BCUT2D eigenvalue weighted by atomic mass is 10.1. The van der Waals surface area contributed by atoms with Gasteiger partial charge in [0.2, 0.25) is 0 Å². The fourth-order valence-corrected chi connectivity index (χ4v) is 3.86. The molecule has 1 atom stereocenters. The summed E-state index contributed by atoms with van der Waals surface area (Å²) >= 11 is 0. The second kappa shape index (κ2) is 10.1. The maximum Gasteiger partial charge on any atom is 0.166 e. The van der Waals surface area contributed by atoms with Crippen molar-refractivity contribution in [3.8, 4) is 11.4 Å². The number of aliphatic hydroxyl groups excluding tert-OH is 2. The Bertz CT molecular complexity index is 1180. The molecule has 2 aromatic heterocycles. The van der Waals surface area contributed by atoms with Crippen molar-refractivity contribution in [1.29, 1.82) is 0 Å². The molecule has 3 aromatic rings. The van der Waals surface area contributed by atoms with Gasteiger partial charge in [-0.25, -0.2) is 15.0 Å². The van der Waals surface area contributed by atoms with Gasteiger partial charge in [0.15, 0.2) is 22.8 Å². The van der Waals surface area contributed by atoms with Gasteiger partial charge < -0.3 is 30.2 Å². The van der Waals surface area contributed by atoms with E-state index < -0.39 is 12.7 Å². The molecule has 0 saturated carbocycles. The summed E-state index contributed by atoms with van der Waals surface area (Å²) in [5, 5.41) is 19.9. The topological polar surface area (TPSA) is 135 Å². The molecule has 10 heteroatoms. The molecule has 0 amide bonds. The summed E-state index contributed by atoms with van der Waals surface area (Å²) < 4.78 is 7.33. The third-order valence-corrected chi connectivity index (χ3v) is 5.56. The van der Waals surface area contributed by atoms with Gasteiger partial charge in [-0.3, -0.25) is 4.99 Å². The van der Waals surface area contributed by atoms with Gasteiger partial charge in [-0.2, -0.15) is 0 Å². The first kappa shape index (κ1) is 22.8. The molecule has 0 spiro atoms. The monoisotopic (exact) mass is 451 g/mol. The van der Waals surface area contributed by atoms with Crippen molar-refractivity contribution >= 4 is 28.9 Å². The average Bonchev–Trinajstić information content (AvgIpc) is 3.25. The first-order valence-electron chi connectivity index (χ1n) is 11.0. The first-order valence-corrected chi connectivity index (χ1v) is 11.0. The van der Waals surface area contributed by atoms with E-state index in [1.54, 1.807) is 19.3 Å². The molecule has 1 unspecified atom stereocenters. The SMILES string of the molecule is CCn1c(C(O)CO)nc2c(N3CCOCC3)nc(-c3cccc(/C(N)=C/C=NC)c3)nc21. The molecule has 1 aliphatic heterocycles. The number of morpholine rings is 1. The summed E-state index contributed by atoms with van der Waals surface area (Å²) in [6.45, 7) is 4.60. The Balaban J connectivity index is 1.91. The van der Waals surface area contributed by atoms with Crippen LogP contribution in [-0.2, 0) is 11.3 Å². The quantitative estimate of drug-likeness (QED) is 0.459. The van der Waals surface area contributed by atoms with Gasteiger partial charge in [-0.15, -0.1) is 0 Å². The number of aromatic nitrogens is 4. The van der Waals surface area contributed by atoms with Gasteiger partial charge in [0.25, 0.3) is 0 Å². The number of aryl methyl sites for hydroxylation is 1. The number of allylic oxidation sites excluding steroid dienone is 1. The highest BCUT2D eigenvalue weighted by molar-refractivity contribution is 5.87. The van der Waals surface area contributed by atoms with Crippen LogP contribution in [0.1, 0.15) is 24.4 Å². The van der Waals surface area contributed by atoms with Crippen LogP contribution in [0.3, 0.4) is 0 Å². The molecule has 1 aromatic carbocycles. The van der Waals surface area contributed by atoms with E-state index in [0.29, 0.717) is 67.2 Å². The molecule has 33 heavy (non-hydrogen) atoms. The van der Waals surface area contributed by atoms with E-state index in [2.05, 4.69) is 14.9 Å². The summed E-state index contributed by atoms with van der Waals surface area (Å²) in [4.78, 5) is 20.4. The molecule has 0 aliphatic carbocycles. The maximum absolute atomic E-state index is 10.4. The molecule has 0 bridgehead atoms. The van der Waals surface area contributed by atoms with Gasteiger partial charge >= 0.3 is 0 Å². The average molecular weight is 452 g/mol. The third-order valence-electron chi connectivity index (χ3n) is 5.56. The number of hydrogen-bond acceptors (Lipinski definition) is 9. The Morgan fingerprint density at radius 2 is 2.06 bits per heavy atom. The van der Waals surface area contributed by atoms with Crippen molar-refractivity contribution in [2.45, 2.75) is 19.6 Å². The van der Waals surface area contributed by atoms with Gasteiger partial charge in [0.1, 0.15) is 11.9 Å². The van der Waals surface area contributed by atoms with Crippen molar-refractivity contribution in [1.82, 2.24) is 19.5 Å². The molecule has 4 rings (SSSR count). The Morgan fingerprint density at radius 1 is 1.27 bits per heavy atom. The number of rotatable bonds is 7. The van der Waals surface area contributed by atoms with Crippen LogP contribution in [0, 0.1) is 0 Å². The zero-order chi connectivity index (χ0) is 23.4. The second-order valence-corrected chi connectivity index (χ2v) is 7.67. The highest BCUT2D eigenvalue weighted by Gasteiger charge is 2.25. The van der Waals surface area contributed by atoms with Crippen molar-refractivity contribution in [3.05, 3.63) is 41.7 Å². The molecule has 3 heterocycles. The van der Waals surface area contributed by atoms with E-state index in [1.165, 1.54) is 0 Å². The number of hydrogen-bond donors (Lipinski definition) is 3. The van der Waals surface area contributed by atoms with Crippen LogP contribution >= 0.6 is 0 Å². The molecular formula is C23H29N7O3. The lowest BCUT2D eigenvalue weighted by Gasteiger charge is -2.28. The molecule has 1 saturated heterocycles. The largest absolute Gasteiger partial charge is 0.398 e. The van der Waals surface area contributed by atoms with Gasteiger partial charge in [-0.05, 0) is 24.6 Å². The zero-order valence-electron chi connectivity index (χ0n) is 18.8. The van der Waals surface area contributed by atoms with E-state index in [4.69, 9.17) is 20.4 Å². The smallest absolute Gasteiger partial charge is 0.166 e. The molecule has 1 aliphatic rings. The number of benzene rings is 1. The molecule has 10 nitrogen and oxygen atoms in total. The molecular weight excluding hydrogens is 422 g/mol. The minimum Gasteiger partial charge on any atom is -0.398 e. The lowest BCUT2D eigenvalue weighted by molar-refractivity contribution is 0.0861. The number of nitrogens with zero attached hydrogens (tertiary/aromatic N) is 6. The van der Waals surface area contributed by atoms with Crippen LogP contribution in [0.25, 0.3) is 28.2 Å². The summed E-state index contributed by atoms with van der Waals surface area (Å²) in [6, 6.07) is 7.71. The highest BCUT2D eigenvalue weighted by Crippen LogP contribution is 2.31. The van der Waals surface area contributed by atoms with E-state index in [9.17, 15) is 10.2 Å². The summed E-state index contributed by atoms with van der Waals surface area (Å²) in [5.74, 6) is 1.59. The van der Waals surface area contributed by atoms with Crippen LogP contribution in [-0.4, -0.2) is 75.9 Å². The fraction of sp³-hybridized carbons (Fsp3) is 0.391. The van der Waals surface area contributed by atoms with Crippen LogP contribution in [0.2, 0.25) is 0 Å². The van der Waals surface area contributed by atoms with Crippen LogP contribution in [0.15, 0.2) is 35.3 Å². The lowest BCUT2D eigenvalue weighted by Crippen LogP contribution is -2.37. The van der Waals surface area contributed by atoms with E-state index in [1.807, 2.05) is 35.8 Å². The summed E-state index contributed by atoms with van der Waals surface area (Å²) in [5.41, 5.74) is 9.64. The zero-order valence-corrected chi connectivity index (χ0v) is 18.8. The summed E-state index contributed by atoms with van der Waals surface area (Å²) in [7, 11) is 1.69. The van der Waals surface area contributed by atoms with E-state index in [-0.39, 0.29) is 0 Å². The normalized spacial score (nSPS) is 16.1. The molecule has 1 fully saturated rings. The summed E-state index contributed by atoms with van der Waals surface area (Å²) in [6.07, 6.45) is 2.29. The van der Waals surface area contributed by atoms with Gasteiger partial charge in [0.05, 0.1) is 19.8 Å². The van der Waals surface area contributed by atoms with Crippen molar-refractivity contribution in [2.24, 2.45) is 10.7 Å². The standard InChI is InChI=1S/C23H29N7O3/c1-3-30-21(18(32)14-31)26-19-22(29-9-11-33-12-10-29)27-20(28-23(19)30)16-6-4-5-15(13-16)17(24)7-8-25-2/h4-8,13,18,31-32H,3,9-12,14,24H2,1-2H3/b17-7-,25-8?. The number of nitrogens with two attached hydrogens (primary N) is 1. The Kier molecular flexibility index (Phi) is 6.97. The van der Waals surface area contributed by atoms with Crippen molar-refractivity contribution in [3.63, 3.8) is 0 Å². The van der Waals surface area contributed by atoms with E-state index in [0.717, 1.165) is 11.1 Å². The predicted octanol–water partition coefficient (Wildman–Crippen LogP) is 1.38. The highest BCUT2D eigenvalue weighted by atomic mass is 16.5. The number of aliphatic imine (C=N–C) groups is 1. The molecule has 0 radical (unpaired) electrons. The minimum atomic E-state index is -1.10. The fourth-order valence-electron chi connectivity index (χ4n) is 3.86. The van der Waals surface area contributed by atoms with Gasteiger partial charge in [0, 0.05) is 44.2 Å². The maximum atomic E-state index is 10.4. The van der Waals surface area contributed by atoms with Crippen LogP contribution < -0.4 is 10.6 Å². The Hall–Kier alpha value is -3.34. The number of imidazole rings is 1. The molecule has 4 N–H and O–H groups in total. The second-order valence-electron chi connectivity index (χ2n) is 7.67. The Morgan fingerprint density at radius 3 is 2.76 bits per heavy atom. The van der Waals surface area contributed by atoms with Gasteiger partial charge in [-0.1, -0.05) is 18.2 Å². The van der Waals surface area contributed by atoms with Crippen molar-refractivity contribution in [2.75, 3.05) is 44.9 Å². The number of aliphatic hydroxyl groups is 2. The first-order chi connectivity index (χ1) is 16.1. The van der Waals surface area contributed by atoms with E-state index >= 15 is 0 Å². The third kappa shape index (κ3) is 4.58. The van der Waals surface area contributed by atoms with Crippen molar-refractivity contribution < 1.29 is 14.9 Å². The number of fused-ring (bicyclic) bond motifs is 1. The predicted molar refractivity (Wildman–Crippen MR) is 128 cm³/mol. The molecule has 174 valence electrons. The van der Waals surface area contributed by atoms with Crippen LogP contribution in [0.5, 0.6) is 0 Å². The Labute approximate surface area is 192 Å². The number of ether oxygens (including phenoxy) is 1. The number of anilines is 1. The minimum absolute atomic E-state index is 0.371.